The summed E-state index contributed by atoms with van der Waals surface area (Å²) in [6.07, 6.45) is 2.18. The Hall–Kier alpha value is -1.81. The summed E-state index contributed by atoms with van der Waals surface area (Å²) in [4.78, 5) is 46.1. The molecule has 0 aliphatic carbocycles. The molecule has 0 aliphatic rings. The van der Waals surface area contributed by atoms with Gasteiger partial charge >= 0.3 is 5.97 Å². The zero-order chi connectivity index (χ0) is 18.0. The number of hydrogen-bond acceptors (Lipinski definition) is 6. The van der Waals surface area contributed by atoms with Crippen molar-refractivity contribution in [1.29, 1.82) is 0 Å². The third kappa shape index (κ3) is 8.41. The number of aliphatic carboxylic acids is 1. The van der Waals surface area contributed by atoms with E-state index < -0.39 is 41.8 Å². The first-order valence-electron chi connectivity index (χ1n) is 7.04. The van der Waals surface area contributed by atoms with Crippen molar-refractivity contribution in [3.05, 3.63) is 0 Å². The number of nitrogens with one attached hydrogen (secondary N) is 3. The van der Waals surface area contributed by atoms with E-state index in [2.05, 4.69) is 16.0 Å². The van der Waals surface area contributed by atoms with E-state index in [0.717, 1.165) is 0 Å². The maximum Gasteiger partial charge on any atom is 0.325 e. The average molecular weight is 348 g/mol. The van der Waals surface area contributed by atoms with Crippen LogP contribution in [0.5, 0.6) is 0 Å². The number of hydrogen-bond donors (Lipinski definition) is 5. The summed E-state index contributed by atoms with van der Waals surface area (Å²) in [6, 6.07) is -2.80. The molecule has 9 nitrogen and oxygen atoms in total. The fraction of sp³-hybridized carbons (Fsp3) is 0.692. The van der Waals surface area contributed by atoms with Gasteiger partial charge in [-0.1, -0.05) is 0 Å². The first kappa shape index (κ1) is 21.2. The lowest BCUT2D eigenvalue weighted by molar-refractivity contribution is -0.141. The summed E-state index contributed by atoms with van der Waals surface area (Å²) < 4.78 is 0. The normalized spacial score (nSPS) is 14.3. The molecule has 23 heavy (non-hydrogen) atoms. The maximum atomic E-state index is 12.1. The molecule has 0 spiro atoms. The molecule has 6 N–H and O–H groups in total. The highest BCUT2D eigenvalue weighted by atomic mass is 32.2. The van der Waals surface area contributed by atoms with Crippen LogP contribution in [0.15, 0.2) is 0 Å². The van der Waals surface area contributed by atoms with Gasteiger partial charge in [0.25, 0.3) is 0 Å². The second kappa shape index (κ2) is 10.8. The molecule has 0 aliphatic heterocycles. The molecular formula is C13H24N4O5S. The molecule has 0 fully saturated rings. The molecule has 0 bridgehead atoms. The monoisotopic (exact) mass is 348 g/mol. The van der Waals surface area contributed by atoms with Crippen molar-refractivity contribution in [2.45, 2.75) is 38.4 Å². The summed E-state index contributed by atoms with van der Waals surface area (Å²) in [5, 5.41) is 16.0. The van der Waals surface area contributed by atoms with Gasteiger partial charge in [0.15, 0.2) is 0 Å². The van der Waals surface area contributed by atoms with E-state index in [-0.39, 0.29) is 6.54 Å². The second-order valence-electron chi connectivity index (χ2n) is 4.90. The summed E-state index contributed by atoms with van der Waals surface area (Å²) in [5.41, 5.74) is 5.15. The standard InChI is InChI=1S/C13H24N4O5S/c1-7(15-10(18)6-14)11(19)17-9(4-5-23-3)12(20)16-8(2)13(21)22/h7-9H,4-6,14H2,1-3H3,(H,15,18)(H,16,20)(H,17,19)(H,21,22). The number of carboxylic acids is 1. The first-order valence-corrected chi connectivity index (χ1v) is 8.44. The Kier molecular flexibility index (Phi) is 9.99. The van der Waals surface area contributed by atoms with E-state index in [4.69, 9.17) is 10.8 Å². The fourth-order valence-electron chi connectivity index (χ4n) is 1.54. The summed E-state index contributed by atoms with van der Waals surface area (Å²) in [5.74, 6) is -2.19. The molecule has 3 atom stereocenters. The minimum absolute atomic E-state index is 0.246. The molecule has 0 aromatic heterocycles. The van der Waals surface area contributed by atoms with Crippen LogP contribution in [0.1, 0.15) is 20.3 Å². The molecule has 0 saturated heterocycles. The van der Waals surface area contributed by atoms with Crippen LogP contribution in [0, 0.1) is 0 Å². The smallest absolute Gasteiger partial charge is 0.325 e. The van der Waals surface area contributed by atoms with Crippen molar-refractivity contribution in [3.63, 3.8) is 0 Å². The zero-order valence-electron chi connectivity index (χ0n) is 13.4. The van der Waals surface area contributed by atoms with Gasteiger partial charge in [-0.25, -0.2) is 0 Å². The minimum Gasteiger partial charge on any atom is -0.480 e. The van der Waals surface area contributed by atoms with Gasteiger partial charge < -0.3 is 26.8 Å². The Bertz CT molecular complexity index is 446. The lowest BCUT2D eigenvalue weighted by Gasteiger charge is -2.22. The van der Waals surface area contributed by atoms with Crippen LogP contribution in [-0.2, 0) is 19.2 Å². The molecule has 3 unspecified atom stereocenters. The third-order valence-corrected chi connectivity index (χ3v) is 3.57. The Morgan fingerprint density at radius 3 is 2.13 bits per heavy atom. The number of nitrogens with two attached hydrogens (primary N) is 1. The van der Waals surface area contributed by atoms with Gasteiger partial charge in [-0.15, -0.1) is 0 Å². The van der Waals surface area contributed by atoms with E-state index in [1.165, 1.54) is 25.6 Å². The van der Waals surface area contributed by atoms with Gasteiger partial charge in [0.1, 0.15) is 18.1 Å². The fourth-order valence-corrected chi connectivity index (χ4v) is 2.01. The van der Waals surface area contributed by atoms with Crippen LogP contribution in [0.25, 0.3) is 0 Å². The summed E-state index contributed by atoms with van der Waals surface area (Å²) in [7, 11) is 0. The Morgan fingerprint density at radius 1 is 1.04 bits per heavy atom. The van der Waals surface area contributed by atoms with Crippen molar-refractivity contribution in [2.24, 2.45) is 5.73 Å². The molecule has 0 aromatic rings. The maximum absolute atomic E-state index is 12.1. The molecule has 0 aromatic carbocycles. The van der Waals surface area contributed by atoms with Gasteiger partial charge in [-0.3, -0.25) is 19.2 Å². The van der Waals surface area contributed by atoms with E-state index in [1.54, 1.807) is 0 Å². The molecule has 0 rings (SSSR count). The highest BCUT2D eigenvalue weighted by Gasteiger charge is 2.26. The Balaban J connectivity index is 4.76. The van der Waals surface area contributed by atoms with E-state index in [1.807, 2.05) is 6.26 Å². The lowest BCUT2D eigenvalue weighted by Crippen LogP contribution is -2.55. The van der Waals surface area contributed by atoms with E-state index in [0.29, 0.717) is 12.2 Å². The predicted molar refractivity (Wildman–Crippen MR) is 86.8 cm³/mol. The van der Waals surface area contributed by atoms with Gasteiger partial charge in [-0.05, 0) is 32.3 Å². The third-order valence-electron chi connectivity index (χ3n) is 2.93. The van der Waals surface area contributed by atoms with Gasteiger partial charge in [0, 0.05) is 0 Å². The van der Waals surface area contributed by atoms with Crippen LogP contribution < -0.4 is 21.7 Å². The van der Waals surface area contributed by atoms with Crippen molar-refractivity contribution >= 4 is 35.5 Å². The minimum atomic E-state index is -1.17. The van der Waals surface area contributed by atoms with Crippen LogP contribution in [0.4, 0.5) is 0 Å². The van der Waals surface area contributed by atoms with Crippen molar-refractivity contribution in [1.82, 2.24) is 16.0 Å². The van der Waals surface area contributed by atoms with Crippen molar-refractivity contribution in [3.8, 4) is 0 Å². The Labute approximate surface area is 139 Å². The largest absolute Gasteiger partial charge is 0.480 e. The first-order chi connectivity index (χ1) is 10.7. The summed E-state index contributed by atoms with van der Waals surface area (Å²) >= 11 is 1.49. The molecule has 132 valence electrons. The van der Waals surface area contributed by atoms with Gasteiger partial charge in [0.2, 0.25) is 17.7 Å². The number of thioether (sulfide) groups is 1. The highest BCUT2D eigenvalue weighted by Crippen LogP contribution is 2.02. The van der Waals surface area contributed by atoms with Crippen LogP contribution in [0.3, 0.4) is 0 Å². The average Bonchev–Trinajstić information content (AvgIpc) is 2.50. The predicted octanol–water partition coefficient (Wildman–Crippen LogP) is -1.72. The number of carbonyl (C=O) groups is 4. The zero-order valence-corrected chi connectivity index (χ0v) is 14.2. The highest BCUT2D eigenvalue weighted by molar-refractivity contribution is 7.98. The molecule has 10 heteroatoms. The SMILES string of the molecule is CSCCC(NC(=O)C(C)NC(=O)CN)C(=O)NC(C)C(=O)O. The number of amides is 3. The van der Waals surface area contributed by atoms with Crippen LogP contribution >= 0.6 is 11.8 Å². The van der Waals surface area contributed by atoms with Gasteiger partial charge in [-0.2, -0.15) is 11.8 Å². The van der Waals surface area contributed by atoms with E-state index in [9.17, 15) is 19.2 Å². The quantitative estimate of drug-likeness (QED) is 0.315. The molecule has 0 saturated carbocycles. The summed E-state index contributed by atoms with van der Waals surface area (Å²) in [6.45, 7) is 2.55. The van der Waals surface area contributed by atoms with Crippen LogP contribution in [0.2, 0.25) is 0 Å². The number of rotatable bonds is 10. The number of carboxylic acid groups (broad SMARTS) is 1. The number of carbonyl (C=O) groups excluding carboxylic acids is 3. The van der Waals surface area contributed by atoms with Crippen LogP contribution in [-0.4, -0.2) is 65.5 Å². The Morgan fingerprint density at radius 2 is 1.65 bits per heavy atom. The molecule has 3 amide bonds. The van der Waals surface area contributed by atoms with Gasteiger partial charge in [0.05, 0.1) is 6.54 Å². The molecule has 0 radical (unpaired) electrons. The van der Waals surface area contributed by atoms with Crippen molar-refractivity contribution < 1.29 is 24.3 Å². The lowest BCUT2D eigenvalue weighted by atomic mass is 10.1. The topological polar surface area (TPSA) is 151 Å². The molecular weight excluding hydrogens is 324 g/mol. The van der Waals surface area contributed by atoms with E-state index >= 15 is 0 Å². The molecule has 0 heterocycles. The second-order valence-corrected chi connectivity index (χ2v) is 5.89. The van der Waals surface area contributed by atoms with Crippen molar-refractivity contribution in [2.75, 3.05) is 18.6 Å².